The molecule has 46 heavy (non-hydrogen) atoms. The summed E-state index contributed by atoms with van der Waals surface area (Å²) in [5, 5.41) is 65.0. The quantitative estimate of drug-likeness (QED) is 0.130. The summed E-state index contributed by atoms with van der Waals surface area (Å²) in [4.78, 5) is 53.5. The van der Waals surface area contributed by atoms with Crippen LogP contribution in [-0.4, -0.2) is 73.0 Å². The molecule has 2 aromatic rings. The fourth-order valence-corrected chi connectivity index (χ4v) is 9.20. The number of aromatic hydroxyl groups is 1. The highest BCUT2D eigenvalue weighted by atomic mass is 79.9. The molecule has 2 unspecified atom stereocenters. The minimum atomic E-state index is -2.88. The number of ketones is 2. The number of benzene rings is 2. The smallest absolute Gasteiger partial charge is 0.323 e. The number of phenolic OH excluding ortho intramolecular Hbond substituents is 1. The van der Waals surface area contributed by atoms with Crippen molar-refractivity contribution in [3.63, 3.8) is 0 Å². The van der Waals surface area contributed by atoms with Crippen molar-refractivity contribution in [1.29, 1.82) is 0 Å². The van der Waals surface area contributed by atoms with Gasteiger partial charge in [-0.3, -0.25) is 14.4 Å². The number of fused-ring (bicyclic) bond motifs is 3. The number of nitrogens with two attached hydrogens (primary N) is 1. The van der Waals surface area contributed by atoms with Gasteiger partial charge in [0.15, 0.2) is 17.2 Å². The number of alkyl halides is 1. The number of amides is 3. The zero-order valence-corrected chi connectivity index (χ0v) is 27.7. The number of anilines is 2. The highest BCUT2D eigenvalue weighted by Crippen LogP contribution is 2.68. The lowest BCUT2D eigenvalue weighted by Gasteiger charge is -2.69. The van der Waals surface area contributed by atoms with Crippen molar-refractivity contribution >= 4 is 50.8 Å². The lowest BCUT2D eigenvalue weighted by molar-refractivity contribution is -0.306. The zero-order chi connectivity index (χ0) is 34.3. The summed E-state index contributed by atoms with van der Waals surface area (Å²) in [6, 6.07) is 9.26. The number of phenols is 1. The van der Waals surface area contributed by atoms with E-state index in [0.717, 1.165) is 5.56 Å². The van der Waals surface area contributed by atoms with Gasteiger partial charge in [-0.1, -0.05) is 68.7 Å². The van der Waals surface area contributed by atoms with E-state index in [1.807, 2.05) is 12.1 Å². The number of nitrogens with one attached hydrogen (secondary N) is 2. The number of hydrogen-bond donors (Lipinski definition) is 8. The first-order valence-corrected chi connectivity index (χ1v) is 16.3. The second-order valence-corrected chi connectivity index (χ2v) is 14.2. The van der Waals surface area contributed by atoms with Crippen LogP contribution in [0.3, 0.4) is 0 Å². The van der Waals surface area contributed by atoms with Crippen LogP contribution in [0.15, 0.2) is 36.4 Å². The molecule has 0 aromatic heterocycles. The van der Waals surface area contributed by atoms with Crippen LogP contribution in [0.5, 0.6) is 5.75 Å². The fourth-order valence-electron chi connectivity index (χ4n) is 8.82. The Labute approximate surface area is 274 Å². The molecule has 248 valence electrons. The minimum absolute atomic E-state index is 0.114. The predicted molar refractivity (Wildman–Crippen MR) is 171 cm³/mol. The molecule has 0 aliphatic heterocycles. The van der Waals surface area contributed by atoms with Gasteiger partial charge in [-0.05, 0) is 47.1 Å². The topological polar surface area (TPSA) is 220 Å². The van der Waals surface area contributed by atoms with E-state index in [1.54, 1.807) is 39.8 Å². The van der Waals surface area contributed by atoms with Crippen molar-refractivity contribution in [3.05, 3.63) is 53.1 Å². The highest BCUT2D eigenvalue weighted by Gasteiger charge is 2.80. The molecule has 5 rings (SSSR count). The van der Waals surface area contributed by atoms with Gasteiger partial charge in [0.2, 0.25) is 5.91 Å². The SMILES string of the molecule is CC(C)[C@H]1C(O)[C@@H](C(N)=O)C(=O)[C@]2(O)C(O)[C@H]3C(=O)c4c(ccc(NC(=O)Nc5ccc(CBr)cc5)c4O)[C@@H](C)[C@]3(C)[C@@H](O)[C@]12C. The van der Waals surface area contributed by atoms with Gasteiger partial charge in [0.1, 0.15) is 17.8 Å². The monoisotopic (exact) mass is 701 g/mol. The molecule has 2 aromatic carbocycles. The molecule has 0 spiro atoms. The Kier molecular flexibility index (Phi) is 8.43. The summed E-state index contributed by atoms with van der Waals surface area (Å²) >= 11 is 3.36. The average Bonchev–Trinajstić information content (AvgIpc) is 2.98. The summed E-state index contributed by atoms with van der Waals surface area (Å²) < 4.78 is 0. The number of carbonyl (C=O) groups is 4. The van der Waals surface area contributed by atoms with Crippen LogP contribution in [0.1, 0.15) is 62.0 Å². The van der Waals surface area contributed by atoms with Crippen molar-refractivity contribution in [2.24, 2.45) is 40.2 Å². The Morgan fingerprint density at radius 3 is 2.17 bits per heavy atom. The van der Waals surface area contributed by atoms with E-state index in [1.165, 1.54) is 19.1 Å². The van der Waals surface area contributed by atoms with Crippen molar-refractivity contribution in [2.75, 3.05) is 10.6 Å². The molecule has 3 aliphatic rings. The lowest BCUT2D eigenvalue weighted by atomic mass is 9.36. The van der Waals surface area contributed by atoms with Crippen molar-refractivity contribution in [1.82, 2.24) is 0 Å². The minimum Gasteiger partial charge on any atom is -0.505 e. The van der Waals surface area contributed by atoms with Gasteiger partial charge >= 0.3 is 6.03 Å². The second kappa shape index (κ2) is 11.4. The van der Waals surface area contributed by atoms with Gasteiger partial charge < -0.3 is 41.9 Å². The van der Waals surface area contributed by atoms with Gasteiger partial charge in [-0.2, -0.15) is 0 Å². The van der Waals surface area contributed by atoms with Crippen molar-refractivity contribution in [3.8, 4) is 5.75 Å². The second-order valence-electron chi connectivity index (χ2n) is 13.7. The molecule has 3 aliphatic carbocycles. The number of Topliss-reactive ketones (excluding diaryl/α,β-unsaturated/α-hetero) is 2. The van der Waals surface area contributed by atoms with Crippen LogP contribution in [0, 0.1) is 34.5 Å². The van der Waals surface area contributed by atoms with Crippen LogP contribution < -0.4 is 16.4 Å². The van der Waals surface area contributed by atoms with Gasteiger partial charge in [0, 0.05) is 21.8 Å². The molecule has 13 heteroatoms. The number of urea groups is 1. The first-order valence-electron chi connectivity index (χ1n) is 15.1. The van der Waals surface area contributed by atoms with Crippen LogP contribution in [-0.2, 0) is 14.9 Å². The molecular formula is C33H40BrN3O9. The third-order valence-corrected chi connectivity index (χ3v) is 11.9. The van der Waals surface area contributed by atoms with E-state index in [2.05, 4.69) is 26.6 Å². The normalized spacial score (nSPS) is 36.8. The molecule has 10 atom stereocenters. The van der Waals surface area contributed by atoms with Gasteiger partial charge in [0.05, 0.1) is 29.4 Å². The molecule has 9 N–H and O–H groups in total. The number of halogens is 1. The molecule has 2 saturated carbocycles. The molecule has 0 heterocycles. The van der Waals surface area contributed by atoms with Crippen LogP contribution in [0.25, 0.3) is 0 Å². The van der Waals surface area contributed by atoms with Gasteiger partial charge in [0.25, 0.3) is 0 Å². The van der Waals surface area contributed by atoms with E-state index in [4.69, 9.17) is 5.73 Å². The third-order valence-electron chi connectivity index (χ3n) is 11.2. The summed E-state index contributed by atoms with van der Waals surface area (Å²) in [7, 11) is 0. The first-order chi connectivity index (χ1) is 21.4. The van der Waals surface area contributed by atoms with Gasteiger partial charge in [-0.25, -0.2) is 4.79 Å². The highest BCUT2D eigenvalue weighted by molar-refractivity contribution is 9.08. The number of aliphatic hydroxyl groups is 4. The summed E-state index contributed by atoms with van der Waals surface area (Å²) in [5.74, 6) is -9.90. The Morgan fingerprint density at radius 1 is 1.02 bits per heavy atom. The predicted octanol–water partition coefficient (Wildman–Crippen LogP) is 2.64. The molecule has 0 saturated heterocycles. The number of rotatable bonds is 5. The average molecular weight is 703 g/mol. The van der Waals surface area contributed by atoms with Gasteiger partial charge in [-0.15, -0.1) is 0 Å². The number of hydrogen-bond acceptors (Lipinski definition) is 9. The molecule has 0 radical (unpaired) electrons. The fraction of sp³-hybridized carbons (Fsp3) is 0.515. The largest absolute Gasteiger partial charge is 0.505 e. The third kappa shape index (κ3) is 4.39. The molecule has 0 bridgehead atoms. The molecule has 12 nitrogen and oxygen atoms in total. The summed E-state index contributed by atoms with van der Waals surface area (Å²) in [6.07, 6.45) is -5.52. The number of aliphatic hydroxyl groups excluding tert-OH is 3. The Bertz CT molecular complexity index is 1620. The van der Waals surface area contributed by atoms with E-state index >= 15 is 0 Å². The number of carbonyl (C=O) groups excluding carboxylic acids is 4. The summed E-state index contributed by atoms with van der Waals surface area (Å²) in [5.41, 5.74) is 0.586. The van der Waals surface area contributed by atoms with Crippen LogP contribution in [0.2, 0.25) is 0 Å². The van der Waals surface area contributed by atoms with Crippen LogP contribution >= 0.6 is 15.9 Å². The maximum atomic E-state index is 14.4. The maximum Gasteiger partial charge on any atom is 0.323 e. The number of primary amides is 1. The molecular weight excluding hydrogens is 662 g/mol. The molecule has 2 fully saturated rings. The molecule has 3 amide bonds. The van der Waals surface area contributed by atoms with Crippen molar-refractivity contribution < 1.29 is 44.7 Å². The van der Waals surface area contributed by atoms with E-state index in [-0.39, 0.29) is 11.3 Å². The zero-order valence-electron chi connectivity index (χ0n) is 26.1. The maximum absolute atomic E-state index is 14.4. The van der Waals surface area contributed by atoms with E-state index in [0.29, 0.717) is 16.6 Å². The van der Waals surface area contributed by atoms with Crippen molar-refractivity contribution in [2.45, 2.75) is 69.8 Å². The standard InChI is InChI=1S/C33H40BrN3O9/c1-13(2)21-25(40)20(28(35)43)26(41)33(46)27(42)22-24(39)19-17(14(3)31(22,4)29(44)32(21,33)5)10-11-18(23(19)38)37-30(45)36-16-8-6-15(12-34)7-9-16/h6-11,13-14,20-22,25,27,29,38,40,42,44,46H,12H2,1-5H3,(H2,35,43)(H2,36,37,45)/t14-,20-,21+,22-,25?,27?,29-,31+,32+,33+/m1/s1. The Balaban J connectivity index is 1.60. The Hall–Kier alpha value is -3.36. The van der Waals surface area contributed by atoms with E-state index in [9.17, 15) is 44.7 Å². The van der Waals surface area contributed by atoms with E-state index < -0.39 is 93.6 Å². The summed E-state index contributed by atoms with van der Waals surface area (Å²) in [6.45, 7) is 8.01. The Morgan fingerprint density at radius 2 is 1.63 bits per heavy atom. The first kappa shape index (κ1) is 34.0. The lowest BCUT2D eigenvalue weighted by Crippen LogP contribution is -2.83. The van der Waals surface area contributed by atoms with Crippen LogP contribution in [0.4, 0.5) is 16.2 Å².